The zero-order valence-corrected chi connectivity index (χ0v) is 10.6. The number of rotatable bonds is 4. The quantitative estimate of drug-likeness (QED) is 0.805. The maximum Gasteiger partial charge on any atom is 0.119 e. The van der Waals surface area contributed by atoms with Crippen LogP contribution in [0.15, 0.2) is 36.7 Å². The summed E-state index contributed by atoms with van der Waals surface area (Å²) in [6, 6.07) is 8.09. The fourth-order valence-corrected chi connectivity index (χ4v) is 1.83. The van der Waals surface area contributed by atoms with Gasteiger partial charge in [-0.15, -0.1) is 0 Å². The van der Waals surface area contributed by atoms with Gasteiger partial charge < -0.3 is 9.30 Å². The summed E-state index contributed by atoms with van der Waals surface area (Å²) in [6.07, 6.45) is 3.83. The van der Waals surface area contributed by atoms with E-state index in [1.165, 1.54) is 0 Å². The standard InChI is InChI=1S/C14H18N2O/c1-4-17-13-7-5-12(6-8-13)16-10-9-15-14(16)11(2)3/h5-11H,4H2,1-3H3. The third-order valence-corrected chi connectivity index (χ3v) is 2.61. The molecule has 2 aromatic rings. The van der Waals surface area contributed by atoms with Crippen molar-refractivity contribution in [2.24, 2.45) is 0 Å². The number of hydrogen-bond acceptors (Lipinski definition) is 2. The SMILES string of the molecule is CCOc1ccc(-n2ccnc2C(C)C)cc1. The molecule has 0 spiro atoms. The highest BCUT2D eigenvalue weighted by atomic mass is 16.5. The molecule has 0 N–H and O–H groups in total. The summed E-state index contributed by atoms with van der Waals surface area (Å²) in [4.78, 5) is 4.38. The number of aromatic nitrogens is 2. The van der Waals surface area contributed by atoms with Crippen molar-refractivity contribution in [2.75, 3.05) is 6.61 Å². The van der Waals surface area contributed by atoms with Crippen LogP contribution in [0.1, 0.15) is 32.5 Å². The lowest BCUT2D eigenvalue weighted by Gasteiger charge is -2.11. The van der Waals surface area contributed by atoms with Gasteiger partial charge in [0, 0.05) is 24.0 Å². The van der Waals surface area contributed by atoms with Crippen molar-refractivity contribution in [3.05, 3.63) is 42.5 Å². The van der Waals surface area contributed by atoms with Gasteiger partial charge in [0.05, 0.1) is 6.61 Å². The van der Waals surface area contributed by atoms with Crippen LogP contribution in [0.3, 0.4) is 0 Å². The Morgan fingerprint density at radius 3 is 2.53 bits per heavy atom. The first-order valence-corrected chi connectivity index (χ1v) is 5.99. The van der Waals surface area contributed by atoms with E-state index in [1.54, 1.807) is 0 Å². The van der Waals surface area contributed by atoms with E-state index in [4.69, 9.17) is 4.74 Å². The highest BCUT2D eigenvalue weighted by Gasteiger charge is 2.08. The van der Waals surface area contributed by atoms with Crippen LogP contribution in [0, 0.1) is 0 Å². The molecule has 0 aliphatic rings. The molecule has 90 valence electrons. The van der Waals surface area contributed by atoms with E-state index in [1.807, 2.05) is 31.5 Å². The van der Waals surface area contributed by atoms with Gasteiger partial charge >= 0.3 is 0 Å². The smallest absolute Gasteiger partial charge is 0.119 e. The van der Waals surface area contributed by atoms with Crippen LogP contribution in [0.2, 0.25) is 0 Å². The van der Waals surface area contributed by atoms with E-state index in [0.29, 0.717) is 12.5 Å². The van der Waals surface area contributed by atoms with Crippen molar-refractivity contribution >= 4 is 0 Å². The summed E-state index contributed by atoms with van der Waals surface area (Å²) in [5.41, 5.74) is 1.12. The number of benzene rings is 1. The zero-order chi connectivity index (χ0) is 12.3. The molecule has 0 saturated heterocycles. The van der Waals surface area contributed by atoms with Gasteiger partial charge in [-0.25, -0.2) is 4.98 Å². The number of ether oxygens (including phenoxy) is 1. The van der Waals surface area contributed by atoms with Gasteiger partial charge in [0.25, 0.3) is 0 Å². The first kappa shape index (κ1) is 11.7. The van der Waals surface area contributed by atoms with E-state index >= 15 is 0 Å². The van der Waals surface area contributed by atoms with Crippen molar-refractivity contribution in [1.82, 2.24) is 9.55 Å². The van der Waals surface area contributed by atoms with E-state index in [2.05, 4.69) is 35.5 Å². The molecule has 0 atom stereocenters. The molecule has 3 heteroatoms. The van der Waals surface area contributed by atoms with Gasteiger partial charge in [0.2, 0.25) is 0 Å². The van der Waals surface area contributed by atoms with Crippen LogP contribution in [0.5, 0.6) is 5.75 Å². The molecule has 0 aliphatic heterocycles. The Labute approximate surface area is 102 Å². The summed E-state index contributed by atoms with van der Waals surface area (Å²) >= 11 is 0. The Balaban J connectivity index is 2.30. The van der Waals surface area contributed by atoms with Gasteiger partial charge in [-0.1, -0.05) is 13.8 Å². The Morgan fingerprint density at radius 2 is 1.94 bits per heavy atom. The predicted molar refractivity (Wildman–Crippen MR) is 68.8 cm³/mol. The van der Waals surface area contributed by atoms with Crippen molar-refractivity contribution in [1.29, 1.82) is 0 Å². The van der Waals surface area contributed by atoms with Crippen molar-refractivity contribution in [3.63, 3.8) is 0 Å². The maximum absolute atomic E-state index is 5.43. The van der Waals surface area contributed by atoms with E-state index < -0.39 is 0 Å². The molecule has 3 nitrogen and oxygen atoms in total. The van der Waals surface area contributed by atoms with Crippen LogP contribution in [-0.4, -0.2) is 16.2 Å². The lowest BCUT2D eigenvalue weighted by Crippen LogP contribution is -2.02. The molecule has 1 aromatic heterocycles. The van der Waals surface area contributed by atoms with Crippen LogP contribution in [0.4, 0.5) is 0 Å². The number of imidazole rings is 1. The number of nitrogens with zero attached hydrogens (tertiary/aromatic N) is 2. The van der Waals surface area contributed by atoms with E-state index in [9.17, 15) is 0 Å². The summed E-state index contributed by atoms with van der Waals surface area (Å²) in [5.74, 6) is 2.40. The first-order chi connectivity index (χ1) is 8.22. The van der Waals surface area contributed by atoms with E-state index in [-0.39, 0.29) is 0 Å². The minimum atomic E-state index is 0.413. The van der Waals surface area contributed by atoms with Gasteiger partial charge in [0.1, 0.15) is 11.6 Å². The minimum Gasteiger partial charge on any atom is -0.494 e. The third-order valence-electron chi connectivity index (χ3n) is 2.61. The predicted octanol–water partition coefficient (Wildman–Crippen LogP) is 3.39. The molecule has 1 heterocycles. The lowest BCUT2D eigenvalue weighted by atomic mass is 10.2. The highest BCUT2D eigenvalue weighted by molar-refractivity contribution is 5.38. The second-order valence-corrected chi connectivity index (χ2v) is 4.24. The summed E-state index contributed by atoms with van der Waals surface area (Å²) < 4.78 is 7.54. The Morgan fingerprint density at radius 1 is 1.24 bits per heavy atom. The topological polar surface area (TPSA) is 27.1 Å². The normalized spacial score (nSPS) is 10.8. The van der Waals surface area contributed by atoms with E-state index in [0.717, 1.165) is 17.3 Å². The molecule has 0 saturated carbocycles. The summed E-state index contributed by atoms with van der Waals surface area (Å²) in [5, 5.41) is 0. The van der Waals surface area contributed by atoms with Crippen molar-refractivity contribution in [2.45, 2.75) is 26.7 Å². The van der Waals surface area contributed by atoms with Gasteiger partial charge in [-0.2, -0.15) is 0 Å². The van der Waals surface area contributed by atoms with Crippen molar-refractivity contribution < 1.29 is 4.74 Å². The molecule has 2 rings (SSSR count). The second kappa shape index (κ2) is 5.04. The van der Waals surface area contributed by atoms with Crippen LogP contribution in [-0.2, 0) is 0 Å². The Bertz CT molecular complexity index is 471. The van der Waals surface area contributed by atoms with Gasteiger partial charge in [-0.3, -0.25) is 0 Å². The third kappa shape index (κ3) is 2.49. The fraction of sp³-hybridized carbons (Fsp3) is 0.357. The lowest BCUT2D eigenvalue weighted by molar-refractivity contribution is 0.340. The molecule has 0 radical (unpaired) electrons. The molecule has 0 amide bonds. The molecular weight excluding hydrogens is 212 g/mol. The maximum atomic E-state index is 5.43. The van der Waals surface area contributed by atoms with Crippen molar-refractivity contribution in [3.8, 4) is 11.4 Å². The second-order valence-electron chi connectivity index (χ2n) is 4.24. The summed E-state index contributed by atoms with van der Waals surface area (Å²) in [6.45, 7) is 6.98. The molecular formula is C14H18N2O. The Kier molecular flexibility index (Phi) is 3.47. The molecule has 1 aromatic carbocycles. The molecule has 17 heavy (non-hydrogen) atoms. The summed E-state index contributed by atoms with van der Waals surface area (Å²) in [7, 11) is 0. The molecule has 0 fully saturated rings. The first-order valence-electron chi connectivity index (χ1n) is 5.99. The highest BCUT2D eigenvalue weighted by Crippen LogP contribution is 2.20. The van der Waals surface area contributed by atoms with Crippen LogP contribution < -0.4 is 4.74 Å². The van der Waals surface area contributed by atoms with Crippen LogP contribution in [0.25, 0.3) is 5.69 Å². The van der Waals surface area contributed by atoms with Crippen LogP contribution >= 0.6 is 0 Å². The van der Waals surface area contributed by atoms with Gasteiger partial charge in [0.15, 0.2) is 0 Å². The average Bonchev–Trinajstić information content (AvgIpc) is 2.79. The van der Waals surface area contributed by atoms with Gasteiger partial charge in [-0.05, 0) is 31.2 Å². The number of hydrogen-bond donors (Lipinski definition) is 0. The molecule has 0 aliphatic carbocycles. The monoisotopic (exact) mass is 230 g/mol. The Hall–Kier alpha value is -1.77. The molecule has 0 bridgehead atoms. The largest absolute Gasteiger partial charge is 0.494 e. The zero-order valence-electron chi connectivity index (χ0n) is 10.6. The fourth-order valence-electron chi connectivity index (χ4n) is 1.83. The molecule has 0 unspecified atom stereocenters. The average molecular weight is 230 g/mol. The minimum absolute atomic E-state index is 0.413.